The lowest BCUT2D eigenvalue weighted by Crippen LogP contribution is -2.26. The van der Waals surface area contributed by atoms with Gasteiger partial charge in [0.05, 0.1) is 11.2 Å². The quantitative estimate of drug-likeness (QED) is 0.850. The number of hydrogen-bond donors (Lipinski definition) is 1. The van der Waals surface area contributed by atoms with Gasteiger partial charge in [0.25, 0.3) is 0 Å². The van der Waals surface area contributed by atoms with Gasteiger partial charge in [0, 0.05) is 11.9 Å². The molecule has 16 heavy (non-hydrogen) atoms. The first-order valence-corrected chi connectivity index (χ1v) is 7.40. The van der Waals surface area contributed by atoms with Crippen molar-refractivity contribution in [2.45, 2.75) is 45.6 Å². The largest absolute Gasteiger partial charge is 0.311 e. The van der Waals surface area contributed by atoms with Crippen molar-refractivity contribution >= 4 is 11.3 Å². The van der Waals surface area contributed by atoms with Gasteiger partial charge in [-0.2, -0.15) is 0 Å². The summed E-state index contributed by atoms with van der Waals surface area (Å²) >= 11 is 1.68. The molecule has 0 spiro atoms. The standard InChI is InChI=1S/C13H22N2S/c1-2-11-3-5-12(6-4-11)7-14-8-13-9-16-10-15-13/h9-12,14H,2-8H2,1H3. The predicted octanol–water partition coefficient (Wildman–Crippen LogP) is 3.45. The Hall–Kier alpha value is -0.410. The fourth-order valence-electron chi connectivity index (χ4n) is 2.57. The van der Waals surface area contributed by atoms with Crippen molar-refractivity contribution in [1.29, 1.82) is 0 Å². The van der Waals surface area contributed by atoms with Crippen molar-refractivity contribution in [2.75, 3.05) is 6.54 Å². The normalized spacial score (nSPS) is 25.8. The van der Waals surface area contributed by atoms with E-state index >= 15 is 0 Å². The number of thiazole rings is 1. The van der Waals surface area contributed by atoms with Crippen LogP contribution in [0.4, 0.5) is 0 Å². The van der Waals surface area contributed by atoms with Crippen LogP contribution in [-0.4, -0.2) is 11.5 Å². The van der Waals surface area contributed by atoms with Crippen LogP contribution in [0.1, 0.15) is 44.7 Å². The van der Waals surface area contributed by atoms with Crippen LogP contribution in [0, 0.1) is 11.8 Å². The second kappa shape index (κ2) is 6.36. The molecule has 1 saturated carbocycles. The second-order valence-corrected chi connectivity index (χ2v) is 5.62. The third-order valence-corrected chi connectivity index (χ3v) is 4.40. The first-order chi connectivity index (χ1) is 7.88. The Balaban J connectivity index is 1.60. The Morgan fingerprint density at radius 3 is 2.69 bits per heavy atom. The molecule has 1 fully saturated rings. The lowest BCUT2D eigenvalue weighted by atomic mass is 9.81. The molecular weight excluding hydrogens is 216 g/mol. The monoisotopic (exact) mass is 238 g/mol. The third-order valence-electron chi connectivity index (χ3n) is 3.77. The average Bonchev–Trinajstić information content (AvgIpc) is 2.83. The summed E-state index contributed by atoms with van der Waals surface area (Å²) in [6.07, 6.45) is 7.10. The van der Waals surface area contributed by atoms with Crippen molar-refractivity contribution in [2.24, 2.45) is 11.8 Å². The number of nitrogens with zero attached hydrogens (tertiary/aromatic N) is 1. The summed E-state index contributed by atoms with van der Waals surface area (Å²) in [7, 11) is 0. The minimum atomic E-state index is 0.904. The van der Waals surface area contributed by atoms with E-state index in [4.69, 9.17) is 0 Å². The van der Waals surface area contributed by atoms with Crippen LogP contribution in [0.15, 0.2) is 10.9 Å². The van der Waals surface area contributed by atoms with E-state index < -0.39 is 0 Å². The zero-order valence-electron chi connectivity index (χ0n) is 10.1. The zero-order chi connectivity index (χ0) is 11.2. The van der Waals surface area contributed by atoms with Gasteiger partial charge in [0.2, 0.25) is 0 Å². The molecule has 0 aliphatic heterocycles. The number of rotatable bonds is 5. The van der Waals surface area contributed by atoms with Crippen LogP contribution in [0.25, 0.3) is 0 Å². The number of aromatic nitrogens is 1. The van der Waals surface area contributed by atoms with Crippen LogP contribution in [0.2, 0.25) is 0 Å². The maximum absolute atomic E-state index is 4.28. The van der Waals surface area contributed by atoms with Crippen molar-refractivity contribution < 1.29 is 0 Å². The summed E-state index contributed by atoms with van der Waals surface area (Å²) in [6.45, 7) is 4.44. The summed E-state index contributed by atoms with van der Waals surface area (Å²) in [4.78, 5) is 4.28. The fourth-order valence-corrected chi connectivity index (χ4v) is 3.13. The van der Waals surface area contributed by atoms with Crippen LogP contribution >= 0.6 is 11.3 Å². The first kappa shape index (κ1) is 12.1. The van der Waals surface area contributed by atoms with Crippen molar-refractivity contribution in [3.05, 3.63) is 16.6 Å². The summed E-state index contributed by atoms with van der Waals surface area (Å²) in [5.41, 5.74) is 3.09. The van der Waals surface area contributed by atoms with E-state index in [1.54, 1.807) is 11.3 Å². The molecule has 0 bridgehead atoms. The maximum atomic E-state index is 4.28. The smallest absolute Gasteiger partial charge is 0.0795 e. The van der Waals surface area contributed by atoms with Gasteiger partial charge in [-0.3, -0.25) is 0 Å². The Bertz CT molecular complexity index is 276. The topological polar surface area (TPSA) is 24.9 Å². The molecule has 0 atom stereocenters. The van der Waals surface area contributed by atoms with Crippen molar-refractivity contribution in [3.8, 4) is 0 Å². The van der Waals surface area contributed by atoms with Crippen LogP contribution in [0.5, 0.6) is 0 Å². The van der Waals surface area contributed by atoms with E-state index in [9.17, 15) is 0 Å². The Morgan fingerprint density at radius 1 is 1.31 bits per heavy atom. The van der Waals surface area contributed by atoms with E-state index in [0.29, 0.717) is 0 Å². The molecule has 90 valence electrons. The molecular formula is C13H22N2S. The van der Waals surface area contributed by atoms with Gasteiger partial charge >= 0.3 is 0 Å². The molecule has 1 aliphatic carbocycles. The van der Waals surface area contributed by atoms with Crippen LogP contribution in [0.3, 0.4) is 0 Å². The highest BCUT2D eigenvalue weighted by Gasteiger charge is 2.19. The molecule has 1 aromatic rings. The van der Waals surface area contributed by atoms with E-state index in [1.807, 2.05) is 5.51 Å². The highest BCUT2D eigenvalue weighted by atomic mass is 32.1. The van der Waals surface area contributed by atoms with E-state index in [-0.39, 0.29) is 0 Å². The Labute approximate surface area is 102 Å². The van der Waals surface area contributed by atoms with Gasteiger partial charge in [-0.15, -0.1) is 11.3 Å². The van der Waals surface area contributed by atoms with Gasteiger partial charge in [-0.25, -0.2) is 4.98 Å². The van der Waals surface area contributed by atoms with Gasteiger partial charge in [-0.05, 0) is 31.2 Å². The summed E-state index contributed by atoms with van der Waals surface area (Å²) in [5, 5.41) is 5.66. The summed E-state index contributed by atoms with van der Waals surface area (Å²) in [6, 6.07) is 0. The summed E-state index contributed by atoms with van der Waals surface area (Å²) in [5.74, 6) is 1.91. The SMILES string of the molecule is CCC1CCC(CNCc2cscn2)CC1. The molecule has 1 aromatic heterocycles. The average molecular weight is 238 g/mol. The van der Waals surface area contributed by atoms with Crippen molar-refractivity contribution in [3.63, 3.8) is 0 Å². The van der Waals surface area contributed by atoms with Gasteiger partial charge in [0.15, 0.2) is 0 Å². The lowest BCUT2D eigenvalue weighted by Gasteiger charge is -2.27. The lowest BCUT2D eigenvalue weighted by molar-refractivity contribution is 0.262. The number of hydrogen-bond acceptors (Lipinski definition) is 3. The fraction of sp³-hybridized carbons (Fsp3) is 0.769. The molecule has 1 N–H and O–H groups in total. The molecule has 1 heterocycles. The third kappa shape index (κ3) is 3.56. The minimum Gasteiger partial charge on any atom is -0.311 e. The molecule has 2 rings (SSSR count). The molecule has 2 nitrogen and oxygen atoms in total. The van der Waals surface area contributed by atoms with Gasteiger partial charge in [0.1, 0.15) is 0 Å². The molecule has 0 radical (unpaired) electrons. The van der Waals surface area contributed by atoms with E-state index in [0.717, 1.165) is 18.4 Å². The predicted molar refractivity (Wildman–Crippen MR) is 69.6 cm³/mol. The second-order valence-electron chi connectivity index (χ2n) is 4.91. The molecule has 0 unspecified atom stereocenters. The minimum absolute atomic E-state index is 0.904. The van der Waals surface area contributed by atoms with Gasteiger partial charge < -0.3 is 5.32 Å². The highest BCUT2D eigenvalue weighted by Crippen LogP contribution is 2.30. The maximum Gasteiger partial charge on any atom is 0.0795 e. The number of nitrogens with one attached hydrogen (secondary N) is 1. The van der Waals surface area contributed by atoms with Crippen LogP contribution in [-0.2, 0) is 6.54 Å². The first-order valence-electron chi connectivity index (χ1n) is 6.46. The molecule has 0 saturated heterocycles. The van der Waals surface area contributed by atoms with Crippen molar-refractivity contribution in [1.82, 2.24) is 10.3 Å². The highest BCUT2D eigenvalue weighted by molar-refractivity contribution is 7.07. The molecule has 1 aliphatic rings. The van der Waals surface area contributed by atoms with E-state index in [1.165, 1.54) is 44.3 Å². The Kier molecular flexibility index (Phi) is 4.79. The molecule has 0 amide bonds. The van der Waals surface area contributed by atoms with Gasteiger partial charge in [-0.1, -0.05) is 26.2 Å². The molecule has 0 aromatic carbocycles. The zero-order valence-corrected chi connectivity index (χ0v) is 10.9. The van der Waals surface area contributed by atoms with Crippen LogP contribution < -0.4 is 5.32 Å². The van der Waals surface area contributed by atoms with E-state index in [2.05, 4.69) is 22.6 Å². The summed E-state index contributed by atoms with van der Waals surface area (Å²) < 4.78 is 0. The Morgan fingerprint density at radius 2 is 2.06 bits per heavy atom. The molecule has 3 heteroatoms.